The number of rotatable bonds is 4. The number of benzene rings is 1. The summed E-state index contributed by atoms with van der Waals surface area (Å²) < 4.78 is 16.0. The zero-order valence-electron chi connectivity index (χ0n) is 13.7. The SMILES string of the molecule is COC(=O)c1ccc(NC(=O)CN2CCC3(CC2)OCCO3)cc1. The Bertz CT molecular complexity index is 586. The maximum Gasteiger partial charge on any atom is 0.337 e. The van der Waals surface area contributed by atoms with E-state index >= 15 is 0 Å². The average Bonchev–Trinajstić information content (AvgIpc) is 3.05. The van der Waals surface area contributed by atoms with Crippen LogP contribution in [0.25, 0.3) is 0 Å². The lowest BCUT2D eigenvalue weighted by molar-refractivity contribution is -0.185. The summed E-state index contributed by atoms with van der Waals surface area (Å²) in [4.78, 5) is 25.6. The van der Waals surface area contributed by atoms with Crippen molar-refractivity contribution >= 4 is 17.6 Å². The molecule has 2 heterocycles. The number of nitrogens with one attached hydrogen (secondary N) is 1. The molecule has 7 heteroatoms. The zero-order valence-corrected chi connectivity index (χ0v) is 13.7. The van der Waals surface area contributed by atoms with Crippen LogP contribution in [0.15, 0.2) is 24.3 Å². The van der Waals surface area contributed by atoms with Gasteiger partial charge in [-0.05, 0) is 24.3 Å². The second-order valence-electron chi connectivity index (χ2n) is 6.00. The van der Waals surface area contributed by atoms with Gasteiger partial charge in [-0.2, -0.15) is 0 Å². The molecular weight excluding hydrogens is 312 g/mol. The molecule has 0 unspecified atom stereocenters. The van der Waals surface area contributed by atoms with E-state index in [1.807, 2.05) is 0 Å². The molecule has 1 aromatic carbocycles. The summed E-state index contributed by atoms with van der Waals surface area (Å²) in [5.74, 6) is -0.895. The second kappa shape index (κ2) is 7.29. The number of carbonyl (C=O) groups excluding carboxylic acids is 2. The molecule has 0 bridgehead atoms. The number of anilines is 1. The van der Waals surface area contributed by atoms with Crippen LogP contribution in [0.2, 0.25) is 0 Å². The lowest BCUT2D eigenvalue weighted by Crippen LogP contribution is -2.47. The van der Waals surface area contributed by atoms with Crippen LogP contribution in [0, 0.1) is 0 Å². The van der Waals surface area contributed by atoms with Crippen molar-refractivity contribution in [3.8, 4) is 0 Å². The molecule has 2 aliphatic heterocycles. The van der Waals surface area contributed by atoms with Gasteiger partial charge in [0, 0.05) is 31.6 Å². The van der Waals surface area contributed by atoms with Crippen molar-refractivity contribution in [3.63, 3.8) is 0 Å². The minimum absolute atomic E-state index is 0.0787. The van der Waals surface area contributed by atoms with Gasteiger partial charge in [0.2, 0.25) is 5.91 Å². The van der Waals surface area contributed by atoms with Crippen molar-refractivity contribution in [1.29, 1.82) is 0 Å². The summed E-state index contributed by atoms with van der Waals surface area (Å²) in [6.45, 7) is 3.18. The van der Waals surface area contributed by atoms with E-state index in [1.165, 1.54) is 7.11 Å². The second-order valence-corrected chi connectivity index (χ2v) is 6.00. The standard InChI is InChI=1S/C17H22N2O5/c1-22-16(21)13-2-4-14(5-3-13)18-15(20)12-19-8-6-17(7-9-19)23-10-11-24-17/h2-5H,6-12H2,1H3,(H,18,20). The van der Waals surface area contributed by atoms with E-state index in [2.05, 4.69) is 15.0 Å². The molecule has 130 valence electrons. The molecular formula is C17H22N2O5. The Kier molecular flexibility index (Phi) is 5.13. The van der Waals surface area contributed by atoms with E-state index in [0.717, 1.165) is 25.9 Å². The number of hydrogen-bond donors (Lipinski definition) is 1. The third-order valence-corrected chi connectivity index (χ3v) is 4.39. The van der Waals surface area contributed by atoms with Gasteiger partial charge in [-0.3, -0.25) is 9.69 Å². The van der Waals surface area contributed by atoms with Crippen LogP contribution in [-0.4, -0.2) is 62.5 Å². The predicted molar refractivity (Wildman–Crippen MR) is 86.7 cm³/mol. The normalized spacial score (nSPS) is 20.0. The summed E-state index contributed by atoms with van der Waals surface area (Å²) in [5, 5.41) is 2.84. The van der Waals surface area contributed by atoms with E-state index in [-0.39, 0.29) is 5.91 Å². The van der Waals surface area contributed by atoms with Crippen molar-refractivity contribution in [2.24, 2.45) is 0 Å². The molecule has 0 aromatic heterocycles. The fourth-order valence-corrected chi connectivity index (χ4v) is 3.05. The Morgan fingerprint density at radius 1 is 1.17 bits per heavy atom. The van der Waals surface area contributed by atoms with Crippen molar-refractivity contribution < 1.29 is 23.8 Å². The maximum atomic E-state index is 12.2. The highest BCUT2D eigenvalue weighted by Gasteiger charge is 2.39. The molecule has 1 aromatic rings. The van der Waals surface area contributed by atoms with Gasteiger partial charge in [0.15, 0.2) is 5.79 Å². The Morgan fingerprint density at radius 2 is 1.79 bits per heavy atom. The van der Waals surface area contributed by atoms with Crippen molar-refractivity contribution in [2.45, 2.75) is 18.6 Å². The highest BCUT2D eigenvalue weighted by atomic mass is 16.7. The van der Waals surface area contributed by atoms with E-state index in [0.29, 0.717) is 31.0 Å². The molecule has 2 aliphatic rings. The van der Waals surface area contributed by atoms with Crippen LogP contribution in [-0.2, 0) is 19.0 Å². The van der Waals surface area contributed by atoms with Gasteiger partial charge in [-0.15, -0.1) is 0 Å². The van der Waals surface area contributed by atoms with E-state index < -0.39 is 11.8 Å². The average molecular weight is 334 g/mol. The summed E-state index contributed by atoms with van der Waals surface area (Å²) in [6.07, 6.45) is 1.57. The molecule has 1 amide bonds. The van der Waals surface area contributed by atoms with E-state index in [4.69, 9.17) is 9.47 Å². The first-order valence-corrected chi connectivity index (χ1v) is 8.09. The first-order valence-electron chi connectivity index (χ1n) is 8.09. The van der Waals surface area contributed by atoms with Crippen LogP contribution in [0.4, 0.5) is 5.69 Å². The van der Waals surface area contributed by atoms with Crippen molar-refractivity contribution in [3.05, 3.63) is 29.8 Å². The van der Waals surface area contributed by atoms with Crippen LogP contribution in [0.5, 0.6) is 0 Å². The number of carbonyl (C=O) groups is 2. The monoisotopic (exact) mass is 334 g/mol. The third kappa shape index (κ3) is 3.92. The van der Waals surface area contributed by atoms with Crippen molar-refractivity contribution in [1.82, 2.24) is 4.90 Å². The van der Waals surface area contributed by atoms with Crippen LogP contribution < -0.4 is 5.32 Å². The van der Waals surface area contributed by atoms with Gasteiger partial charge >= 0.3 is 5.97 Å². The number of likely N-dealkylation sites (tertiary alicyclic amines) is 1. The molecule has 0 radical (unpaired) electrons. The molecule has 2 saturated heterocycles. The molecule has 2 fully saturated rings. The van der Waals surface area contributed by atoms with Crippen LogP contribution >= 0.6 is 0 Å². The molecule has 7 nitrogen and oxygen atoms in total. The number of ether oxygens (including phenoxy) is 3. The third-order valence-electron chi connectivity index (χ3n) is 4.39. The fourth-order valence-electron chi connectivity index (χ4n) is 3.05. The summed E-state index contributed by atoms with van der Waals surface area (Å²) >= 11 is 0. The molecule has 1 spiro atoms. The smallest absolute Gasteiger partial charge is 0.337 e. The highest BCUT2D eigenvalue weighted by Crippen LogP contribution is 2.31. The summed E-state index contributed by atoms with van der Waals surface area (Å²) in [6, 6.07) is 6.63. The Morgan fingerprint density at radius 3 is 2.38 bits per heavy atom. The van der Waals surface area contributed by atoms with Crippen LogP contribution in [0.3, 0.4) is 0 Å². The molecule has 24 heavy (non-hydrogen) atoms. The lowest BCUT2D eigenvalue weighted by Gasteiger charge is -2.37. The number of amides is 1. The first kappa shape index (κ1) is 16.9. The van der Waals surface area contributed by atoms with Gasteiger partial charge < -0.3 is 19.5 Å². The first-order chi connectivity index (χ1) is 11.6. The van der Waals surface area contributed by atoms with Crippen LogP contribution in [0.1, 0.15) is 23.2 Å². The molecule has 0 atom stereocenters. The number of esters is 1. The largest absolute Gasteiger partial charge is 0.465 e. The minimum Gasteiger partial charge on any atom is -0.465 e. The summed E-state index contributed by atoms with van der Waals surface area (Å²) in [7, 11) is 1.34. The quantitative estimate of drug-likeness (QED) is 0.835. The van der Waals surface area contributed by atoms with Gasteiger partial charge in [0.05, 0.1) is 32.4 Å². The van der Waals surface area contributed by atoms with Gasteiger partial charge in [0.1, 0.15) is 0 Å². The lowest BCUT2D eigenvalue weighted by atomic mass is 10.0. The number of methoxy groups -OCH3 is 1. The minimum atomic E-state index is -0.420. The Labute approximate surface area is 140 Å². The predicted octanol–water partition coefficient (Wildman–Crippen LogP) is 1.25. The highest BCUT2D eigenvalue weighted by molar-refractivity contribution is 5.93. The number of hydrogen-bond acceptors (Lipinski definition) is 6. The van der Waals surface area contributed by atoms with Gasteiger partial charge in [-0.1, -0.05) is 0 Å². The van der Waals surface area contributed by atoms with E-state index in [9.17, 15) is 9.59 Å². The van der Waals surface area contributed by atoms with Gasteiger partial charge in [0.25, 0.3) is 0 Å². The number of nitrogens with zero attached hydrogens (tertiary/aromatic N) is 1. The van der Waals surface area contributed by atoms with Gasteiger partial charge in [-0.25, -0.2) is 4.79 Å². The molecule has 0 saturated carbocycles. The zero-order chi connectivity index (χ0) is 17.0. The summed E-state index contributed by atoms with van der Waals surface area (Å²) in [5.41, 5.74) is 1.11. The Balaban J connectivity index is 1.46. The molecule has 1 N–H and O–H groups in total. The topological polar surface area (TPSA) is 77.1 Å². The van der Waals surface area contributed by atoms with Crippen molar-refractivity contribution in [2.75, 3.05) is 45.3 Å². The fraction of sp³-hybridized carbons (Fsp3) is 0.529. The Hall–Kier alpha value is -1.96. The van der Waals surface area contributed by atoms with E-state index in [1.54, 1.807) is 24.3 Å². The molecule has 0 aliphatic carbocycles. The number of piperidine rings is 1. The molecule has 3 rings (SSSR count). The maximum absolute atomic E-state index is 12.2.